The minimum Gasteiger partial charge on any atom is -0.397 e. The number of nitrogens with one attached hydrogen (secondary N) is 1. The van der Waals surface area contributed by atoms with Gasteiger partial charge in [0.05, 0.1) is 12.6 Å². The topological polar surface area (TPSA) is 71.4 Å². The number of nitrogens with two attached hydrogens (primary N) is 1. The predicted octanol–water partition coefficient (Wildman–Crippen LogP) is 2.48. The van der Waals surface area contributed by atoms with Crippen LogP contribution in [0.4, 0.5) is 5.69 Å². The van der Waals surface area contributed by atoms with Gasteiger partial charge in [-0.3, -0.25) is 4.79 Å². The van der Waals surface area contributed by atoms with Crippen LogP contribution < -0.4 is 5.73 Å². The molecule has 0 saturated carbocycles. The van der Waals surface area contributed by atoms with Gasteiger partial charge in [0.2, 0.25) is 0 Å². The number of hydrogen-bond acceptors (Lipinski definition) is 4. The predicted molar refractivity (Wildman–Crippen MR) is 83.2 cm³/mol. The summed E-state index contributed by atoms with van der Waals surface area (Å²) in [5.41, 5.74) is 6.80. The minimum absolute atomic E-state index is 0.0319. The monoisotopic (exact) mass is 305 g/mol. The molecule has 0 bridgehead atoms. The van der Waals surface area contributed by atoms with Gasteiger partial charge in [-0.15, -0.1) is 11.3 Å². The van der Waals surface area contributed by atoms with E-state index in [0.717, 1.165) is 19.4 Å². The van der Waals surface area contributed by atoms with E-state index in [1.807, 2.05) is 22.4 Å². The number of rotatable bonds is 5. The molecule has 112 valence electrons. The highest BCUT2D eigenvalue weighted by molar-refractivity contribution is 7.09. The first kappa shape index (κ1) is 14.2. The Kier molecular flexibility index (Phi) is 4.26. The fourth-order valence-corrected chi connectivity index (χ4v) is 3.27. The zero-order valence-electron chi connectivity index (χ0n) is 11.7. The molecular formula is C15H19N3O2S. The van der Waals surface area contributed by atoms with E-state index >= 15 is 0 Å². The van der Waals surface area contributed by atoms with Crippen LogP contribution in [0.5, 0.6) is 0 Å². The van der Waals surface area contributed by atoms with Crippen LogP contribution in [0.25, 0.3) is 0 Å². The minimum atomic E-state index is -0.0319. The van der Waals surface area contributed by atoms with E-state index in [9.17, 15) is 4.79 Å². The number of ether oxygens (including phenoxy) is 1. The number of hydrogen-bond donors (Lipinski definition) is 2. The second-order valence-electron chi connectivity index (χ2n) is 5.25. The van der Waals surface area contributed by atoms with Gasteiger partial charge in [0, 0.05) is 29.9 Å². The Hall–Kier alpha value is -1.79. The smallest absolute Gasteiger partial charge is 0.270 e. The van der Waals surface area contributed by atoms with E-state index in [0.29, 0.717) is 24.5 Å². The molecule has 3 N–H and O–H groups in total. The summed E-state index contributed by atoms with van der Waals surface area (Å²) in [7, 11) is 0. The number of anilines is 1. The summed E-state index contributed by atoms with van der Waals surface area (Å²) < 4.78 is 5.67. The van der Waals surface area contributed by atoms with Crippen molar-refractivity contribution in [2.45, 2.75) is 25.5 Å². The van der Waals surface area contributed by atoms with Crippen molar-refractivity contribution >= 4 is 22.9 Å². The number of aromatic nitrogens is 1. The summed E-state index contributed by atoms with van der Waals surface area (Å²) in [5, 5.41) is 2.02. The lowest BCUT2D eigenvalue weighted by molar-refractivity contribution is 0.0506. The van der Waals surface area contributed by atoms with Crippen LogP contribution in [0.2, 0.25) is 0 Å². The van der Waals surface area contributed by atoms with Crippen LogP contribution >= 0.6 is 11.3 Å². The van der Waals surface area contributed by atoms with E-state index in [1.54, 1.807) is 23.6 Å². The molecule has 0 aliphatic carbocycles. The van der Waals surface area contributed by atoms with E-state index < -0.39 is 0 Å². The third-order valence-corrected chi connectivity index (χ3v) is 4.46. The Labute approximate surface area is 127 Å². The molecule has 0 radical (unpaired) electrons. The second kappa shape index (κ2) is 6.32. The molecule has 2 aromatic heterocycles. The van der Waals surface area contributed by atoms with Crippen molar-refractivity contribution in [2.75, 3.05) is 18.9 Å². The van der Waals surface area contributed by atoms with Crippen molar-refractivity contribution in [3.05, 3.63) is 40.3 Å². The van der Waals surface area contributed by atoms with Crippen LogP contribution in [-0.4, -0.2) is 35.0 Å². The molecule has 3 heterocycles. The maximum absolute atomic E-state index is 12.7. The molecule has 1 amide bonds. The molecule has 1 aliphatic heterocycles. The Morgan fingerprint density at radius 1 is 1.57 bits per heavy atom. The summed E-state index contributed by atoms with van der Waals surface area (Å²) in [6.07, 6.45) is 3.87. The van der Waals surface area contributed by atoms with Crippen LogP contribution in [0, 0.1) is 0 Å². The SMILES string of the molecule is Nc1c[nH]c(C(=O)N(Cc2cccs2)CC2CCCO2)c1. The number of carbonyl (C=O) groups is 1. The lowest BCUT2D eigenvalue weighted by Crippen LogP contribution is -2.36. The fraction of sp³-hybridized carbons (Fsp3) is 0.400. The summed E-state index contributed by atoms with van der Waals surface area (Å²) in [5.74, 6) is -0.0319. The Morgan fingerprint density at radius 3 is 3.10 bits per heavy atom. The first-order valence-electron chi connectivity index (χ1n) is 7.09. The maximum atomic E-state index is 12.7. The Balaban J connectivity index is 1.75. The summed E-state index contributed by atoms with van der Waals surface area (Å²) >= 11 is 1.66. The summed E-state index contributed by atoms with van der Waals surface area (Å²) in [6, 6.07) is 5.73. The highest BCUT2D eigenvalue weighted by atomic mass is 32.1. The third-order valence-electron chi connectivity index (χ3n) is 3.60. The van der Waals surface area contributed by atoms with Crippen molar-refractivity contribution in [3.8, 4) is 0 Å². The molecule has 5 nitrogen and oxygen atoms in total. The summed E-state index contributed by atoms with van der Waals surface area (Å²) in [4.78, 5) is 18.6. The largest absolute Gasteiger partial charge is 0.397 e. The van der Waals surface area contributed by atoms with Crippen LogP contribution in [0.1, 0.15) is 28.2 Å². The number of thiophene rings is 1. The molecule has 1 fully saturated rings. The van der Waals surface area contributed by atoms with Crippen molar-refractivity contribution in [2.24, 2.45) is 0 Å². The molecule has 1 aliphatic rings. The number of H-pyrrole nitrogens is 1. The van der Waals surface area contributed by atoms with Gasteiger partial charge < -0.3 is 20.4 Å². The average molecular weight is 305 g/mol. The Bertz CT molecular complexity index is 588. The van der Waals surface area contributed by atoms with Crippen LogP contribution in [-0.2, 0) is 11.3 Å². The van der Waals surface area contributed by atoms with Crippen LogP contribution in [0.15, 0.2) is 29.8 Å². The van der Waals surface area contributed by atoms with Gasteiger partial charge >= 0.3 is 0 Å². The molecule has 1 unspecified atom stereocenters. The van der Waals surface area contributed by atoms with Gasteiger partial charge in [0.25, 0.3) is 5.91 Å². The second-order valence-corrected chi connectivity index (χ2v) is 6.28. The number of amides is 1. The van der Waals surface area contributed by atoms with Gasteiger partial charge in [-0.25, -0.2) is 0 Å². The molecule has 0 spiro atoms. The standard InChI is InChI=1S/C15H19N3O2S/c16-11-7-14(17-8-11)15(19)18(9-12-3-1-5-20-12)10-13-4-2-6-21-13/h2,4,6-8,12,17H,1,3,5,9-10,16H2. The highest BCUT2D eigenvalue weighted by Gasteiger charge is 2.24. The molecule has 6 heteroatoms. The normalized spacial score (nSPS) is 18.0. The molecule has 0 aromatic carbocycles. The Morgan fingerprint density at radius 2 is 2.48 bits per heavy atom. The molecule has 3 rings (SSSR count). The van der Waals surface area contributed by atoms with Crippen LogP contribution in [0.3, 0.4) is 0 Å². The summed E-state index contributed by atoms with van der Waals surface area (Å²) in [6.45, 7) is 2.02. The lowest BCUT2D eigenvalue weighted by atomic mass is 10.2. The first-order chi connectivity index (χ1) is 10.2. The molecule has 1 saturated heterocycles. The third kappa shape index (κ3) is 3.46. The molecule has 21 heavy (non-hydrogen) atoms. The van der Waals surface area contributed by atoms with E-state index in [2.05, 4.69) is 4.98 Å². The quantitative estimate of drug-likeness (QED) is 0.891. The van der Waals surface area contributed by atoms with E-state index in [4.69, 9.17) is 10.5 Å². The van der Waals surface area contributed by atoms with Gasteiger partial charge in [-0.05, 0) is 30.4 Å². The average Bonchev–Trinajstić information content (AvgIpc) is 3.19. The zero-order chi connectivity index (χ0) is 14.7. The van der Waals surface area contributed by atoms with Gasteiger partial charge in [0.1, 0.15) is 5.69 Å². The van der Waals surface area contributed by atoms with Crippen molar-refractivity contribution in [3.63, 3.8) is 0 Å². The number of nitrogens with zero attached hydrogens (tertiary/aromatic N) is 1. The zero-order valence-corrected chi connectivity index (χ0v) is 12.6. The van der Waals surface area contributed by atoms with Crippen molar-refractivity contribution in [1.82, 2.24) is 9.88 Å². The molecular weight excluding hydrogens is 286 g/mol. The maximum Gasteiger partial charge on any atom is 0.270 e. The fourth-order valence-electron chi connectivity index (χ4n) is 2.55. The number of carbonyl (C=O) groups excluding carboxylic acids is 1. The molecule has 2 aromatic rings. The van der Waals surface area contributed by atoms with Gasteiger partial charge in [-0.2, -0.15) is 0 Å². The van der Waals surface area contributed by atoms with Crippen molar-refractivity contribution in [1.29, 1.82) is 0 Å². The highest BCUT2D eigenvalue weighted by Crippen LogP contribution is 2.19. The van der Waals surface area contributed by atoms with E-state index in [-0.39, 0.29) is 12.0 Å². The number of aromatic amines is 1. The van der Waals surface area contributed by atoms with Gasteiger partial charge in [0.15, 0.2) is 0 Å². The van der Waals surface area contributed by atoms with E-state index in [1.165, 1.54) is 4.88 Å². The van der Waals surface area contributed by atoms with Gasteiger partial charge in [-0.1, -0.05) is 6.07 Å². The van der Waals surface area contributed by atoms with Crippen molar-refractivity contribution < 1.29 is 9.53 Å². The number of nitrogen functional groups attached to an aromatic ring is 1. The molecule has 1 atom stereocenters. The lowest BCUT2D eigenvalue weighted by Gasteiger charge is -2.24. The first-order valence-corrected chi connectivity index (χ1v) is 7.97.